The summed E-state index contributed by atoms with van der Waals surface area (Å²) in [4.78, 5) is 33.1. The molecule has 0 fully saturated rings. The van der Waals surface area contributed by atoms with Crippen molar-refractivity contribution in [2.75, 3.05) is 19.6 Å². The summed E-state index contributed by atoms with van der Waals surface area (Å²) >= 11 is 0. The molecule has 31 heavy (non-hydrogen) atoms. The van der Waals surface area contributed by atoms with Crippen molar-refractivity contribution in [1.29, 1.82) is 0 Å². The van der Waals surface area contributed by atoms with Crippen LogP contribution in [0.25, 0.3) is 0 Å². The zero-order chi connectivity index (χ0) is 23.3. The van der Waals surface area contributed by atoms with Gasteiger partial charge in [0.2, 0.25) is 0 Å². The van der Waals surface area contributed by atoms with E-state index in [0.717, 1.165) is 49.9 Å². The van der Waals surface area contributed by atoms with Crippen molar-refractivity contribution < 1.29 is 14.7 Å². The molecule has 0 aliphatic carbocycles. The zero-order valence-electron chi connectivity index (χ0n) is 19.4. The lowest BCUT2D eigenvalue weighted by molar-refractivity contribution is -0.0980. The second-order valence-corrected chi connectivity index (χ2v) is 7.66. The quantitative estimate of drug-likeness (QED) is 0.274. The molecule has 0 aliphatic heterocycles. The molecule has 1 rings (SSSR count). The number of nitroso groups, excluding NO2 is 1. The van der Waals surface area contributed by atoms with Crippen LogP contribution in [0.5, 0.6) is 0 Å². The van der Waals surface area contributed by atoms with Crippen LogP contribution in [-0.4, -0.2) is 48.6 Å². The number of unbranched alkanes of at least 4 members (excludes halogenated alkanes) is 5. The Morgan fingerprint density at radius 1 is 1.00 bits per heavy atom. The van der Waals surface area contributed by atoms with Gasteiger partial charge < -0.3 is 20.1 Å². The number of hydrogen-bond acceptors (Lipinski definition) is 6. The summed E-state index contributed by atoms with van der Waals surface area (Å²) in [7, 11) is 0. The van der Waals surface area contributed by atoms with Crippen molar-refractivity contribution in [3.05, 3.63) is 40.3 Å². The van der Waals surface area contributed by atoms with E-state index >= 15 is 0 Å². The van der Waals surface area contributed by atoms with Crippen molar-refractivity contribution in [1.82, 2.24) is 10.2 Å². The molecular formula is C24H41N3O4. The molecule has 0 spiro atoms. The van der Waals surface area contributed by atoms with E-state index in [1.165, 1.54) is 19.3 Å². The number of aliphatic hydroxyl groups excluding tert-OH is 1. The topological polar surface area (TPSA) is 99.1 Å². The SMILES string of the molecule is C=O.CCCCCCN(CCCCC)C(=O)c1ccc(CNCCCC(O)N=O)cc1. The normalized spacial score (nSPS) is 11.3. The molecule has 7 nitrogen and oxygen atoms in total. The Morgan fingerprint density at radius 3 is 2.16 bits per heavy atom. The van der Waals surface area contributed by atoms with Crippen molar-refractivity contribution in [2.45, 2.75) is 84.4 Å². The smallest absolute Gasteiger partial charge is 0.253 e. The highest BCUT2D eigenvalue weighted by molar-refractivity contribution is 5.94. The highest BCUT2D eigenvalue weighted by atomic mass is 16.3. The Labute approximate surface area is 187 Å². The molecular weight excluding hydrogens is 394 g/mol. The largest absolute Gasteiger partial charge is 0.369 e. The van der Waals surface area contributed by atoms with Gasteiger partial charge in [-0.25, -0.2) is 0 Å². The van der Waals surface area contributed by atoms with E-state index in [2.05, 4.69) is 24.3 Å². The van der Waals surface area contributed by atoms with E-state index in [0.29, 0.717) is 25.9 Å². The zero-order valence-corrected chi connectivity index (χ0v) is 19.4. The van der Waals surface area contributed by atoms with Gasteiger partial charge in [0, 0.05) is 25.2 Å². The van der Waals surface area contributed by atoms with E-state index in [1.807, 2.05) is 36.0 Å². The van der Waals surface area contributed by atoms with Gasteiger partial charge in [-0.2, -0.15) is 0 Å². The second-order valence-electron chi connectivity index (χ2n) is 7.66. The van der Waals surface area contributed by atoms with Crippen molar-refractivity contribution in [2.24, 2.45) is 5.18 Å². The molecule has 0 aromatic heterocycles. The predicted molar refractivity (Wildman–Crippen MR) is 126 cm³/mol. The highest BCUT2D eigenvalue weighted by Gasteiger charge is 2.15. The van der Waals surface area contributed by atoms with Crippen LogP contribution in [0.3, 0.4) is 0 Å². The molecule has 1 amide bonds. The fraction of sp³-hybridized carbons (Fsp3) is 0.667. The fourth-order valence-electron chi connectivity index (χ4n) is 3.24. The van der Waals surface area contributed by atoms with E-state index in [9.17, 15) is 9.70 Å². The third-order valence-corrected chi connectivity index (χ3v) is 5.07. The molecule has 0 aliphatic rings. The van der Waals surface area contributed by atoms with Crippen molar-refractivity contribution in [3.8, 4) is 0 Å². The third-order valence-electron chi connectivity index (χ3n) is 5.07. The van der Waals surface area contributed by atoms with E-state index in [-0.39, 0.29) is 5.91 Å². The molecule has 176 valence electrons. The average Bonchev–Trinajstić information content (AvgIpc) is 2.81. The summed E-state index contributed by atoms with van der Waals surface area (Å²) in [5, 5.41) is 15.0. The van der Waals surface area contributed by atoms with Crippen molar-refractivity contribution in [3.63, 3.8) is 0 Å². The standard InChI is InChI=1S/C23H39N3O3.CH2O/c1-3-5-7-9-18-26(17-8-6-4-2)23(28)21-14-12-20(13-15-21)19-24-16-10-11-22(27)25-29;1-2/h12-15,22,24,27H,3-11,16-19H2,1-2H3;1H2. The lowest BCUT2D eigenvalue weighted by Gasteiger charge is -2.23. The van der Waals surface area contributed by atoms with Gasteiger partial charge in [-0.3, -0.25) is 4.79 Å². The monoisotopic (exact) mass is 435 g/mol. The molecule has 2 N–H and O–H groups in total. The number of carbonyl (C=O) groups is 2. The maximum atomic E-state index is 13.0. The number of benzene rings is 1. The Hall–Kier alpha value is -2.12. The first-order chi connectivity index (χ1) is 15.1. The molecule has 0 saturated carbocycles. The maximum absolute atomic E-state index is 13.0. The van der Waals surface area contributed by atoms with Crippen LogP contribution in [0.15, 0.2) is 29.4 Å². The van der Waals surface area contributed by atoms with E-state index in [4.69, 9.17) is 9.90 Å². The van der Waals surface area contributed by atoms with Gasteiger partial charge in [-0.05, 0) is 55.1 Å². The van der Waals surface area contributed by atoms with Crippen LogP contribution in [0.1, 0.15) is 87.6 Å². The maximum Gasteiger partial charge on any atom is 0.253 e. The lowest BCUT2D eigenvalue weighted by Crippen LogP contribution is -2.33. The molecule has 0 saturated heterocycles. The molecule has 1 atom stereocenters. The first kappa shape index (κ1) is 28.9. The molecule has 7 heteroatoms. The summed E-state index contributed by atoms with van der Waals surface area (Å²) < 4.78 is 0. The van der Waals surface area contributed by atoms with Crippen LogP contribution < -0.4 is 5.32 Å². The Balaban J connectivity index is 0.00000436. The van der Waals surface area contributed by atoms with Gasteiger partial charge in [0.1, 0.15) is 6.79 Å². The minimum Gasteiger partial charge on any atom is -0.369 e. The van der Waals surface area contributed by atoms with Gasteiger partial charge in [-0.1, -0.05) is 58.1 Å². The summed E-state index contributed by atoms with van der Waals surface area (Å²) in [5.41, 5.74) is 1.86. The first-order valence-corrected chi connectivity index (χ1v) is 11.5. The second kappa shape index (κ2) is 19.8. The highest BCUT2D eigenvalue weighted by Crippen LogP contribution is 2.11. The molecule has 0 radical (unpaired) electrons. The van der Waals surface area contributed by atoms with Gasteiger partial charge in [0.25, 0.3) is 5.91 Å². The van der Waals surface area contributed by atoms with Crippen LogP contribution >= 0.6 is 0 Å². The van der Waals surface area contributed by atoms with E-state index < -0.39 is 6.23 Å². The van der Waals surface area contributed by atoms with Crippen molar-refractivity contribution >= 4 is 12.7 Å². The summed E-state index contributed by atoms with van der Waals surface area (Å²) in [6.07, 6.45) is 8.01. The Morgan fingerprint density at radius 2 is 1.58 bits per heavy atom. The predicted octanol–water partition coefficient (Wildman–Crippen LogP) is 4.67. The Kier molecular flexibility index (Phi) is 18.5. The Bertz CT molecular complexity index is 581. The molecule has 1 aromatic carbocycles. The molecule has 0 bridgehead atoms. The van der Waals surface area contributed by atoms with Crippen LogP contribution in [0.4, 0.5) is 0 Å². The van der Waals surface area contributed by atoms with Gasteiger partial charge in [-0.15, -0.1) is 4.91 Å². The number of rotatable bonds is 17. The van der Waals surface area contributed by atoms with Crippen LogP contribution in [-0.2, 0) is 11.3 Å². The number of amides is 1. The summed E-state index contributed by atoms with van der Waals surface area (Å²) in [6, 6.07) is 7.81. The molecule has 1 unspecified atom stereocenters. The van der Waals surface area contributed by atoms with Gasteiger partial charge in [0.05, 0.1) is 0 Å². The molecule has 0 heterocycles. The fourth-order valence-corrected chi connectivity index (χ4v) is 3.24. The number of aliphatic hydroxyl groups is 1. The summed E-state index contributed by atoms with van der Waals surface area (Å²) in [6.45, 7) is 9.46. The van der Waals surface area contributed by atoms with E-state index in [1.54, 1.807) is 0 Å². The average molecular weight is 436 g/mol. The minimum absolute atomic E-state index is 0.132. The number of nitrogens with zero attached hydrogens (tertiary/aromatic N) is 2. The number of hydrogen-bond donors (Lipinski definition) is 2. The summed E-state index contributed by atoms with van der Waals surface area (Å²) in [5.74, 6) is 0.132. The number of nitrogens with one attached hydrogen (secondary N) is 1. The van der Waals surface area contributed by atoms with Crippen LogP contribution in [0, 0.1) is 4.91 Å². The lowest BCUT2D eigenvalue weighted by atomic mass is 10.1. The van der Waals surface area contributed by atoms with Gasteiger partial charge >= 0.3 is 0 Å². The molecule has 1 aromatic rings. The third kappa shape index (κ3) is 13.7. The first-order valence-electron chi connectivity index (χ1n) is 11.5. The van der Waals surface area contributed by atoms with Gasteiger partial charge in [0.15, 0.2) is 6.23 Å². The minimum atomic E-state index is -1.11. The van der Waals surface area contributed by atoms with Crippen LogP contribution in [0.2, 0.25) is 0 Å². The number of carbonyl (C=O) groups excluding carboxylic acids is 2.